The van der Waals surface area contributed by atoms with Crippen LogP contribution in [0.5, 0.6) is 5.75 Å². The summed E-state index contributed by atoms with van der Waals surface area (Å²) in [6.07, 6.45) is 5.70. The van der Waals surface area contributed by atoms with Gasteiger partial charge in [-0.15, -0.1) is 0 Å². The van der Waals surface area contributed by atoms with Gasteiger partial charge in [-0.2, -0.15) is 0 Å². The number of ketones is 1. The van der Waals surface area contributed by atoms with Crippen LogP contribution in [0.3, 0.4) is 0 Å². The van der Waals surface area contributed by atoms with Gasteiger partial charge >= 0.3 is 5.97 Å². The van der Waals surface area contributed by atoms with Gasteiger partial charge in [0.15, 0.2) is 0 Å². The van der Waals surface area contributed by atoms with Crippen molar-refractivity contribution >= 4 is 11.8 Å². The Kier molecular flexibility index (Phi) is 5.94. The smallest absolute Gasteiger partial charge is 0.379 e. The third-order valence-corrected chi connectivity index (χ3v) is 3.81. The molecule has 1 N–H and O–H groups in total. The maximum atomic E-state index is 11.9. The number of aromatic amines is 1. The zero-order valence-electron chi connectivity index (χ0n) is 14.8. The largest absolute Gasteiger partial charge is 0.487 e. The molecule has 0 aliphatic carbocycles. The number of benzene rings is 1. The van der Waals surface area contributed by atoms with Crippen LogP contribution in [0.4, 0.5) is 0 Å². The van der Waals surface area contributed by atoms with Gasteiger partial charge in [0.05, 0.1) is 18.7 Å². The summed E-state index contributed by atoms with van der Waals surface area (Å²) in [7, 11) is 0. The molecule has 0 bridgehead atoms. The van der Waals surface area contributed by atoms with E-state index in [1.807, 2.05) is 12.1 Å². The highest BCUT2D eigenvalue weighted by Gasteiger charge is 2.17. The Balaban J connectivity index is 1.64. The number of pyridine rings is 1. The minimum absolute atomic E-state index is 0.169. The van der Waals surface area contributed by atoms with Crippen LogP contribution in [0.1, 0.15) is 34.4 Å². The molecular formula is C20H19N3O4. The van der Waals surface area contributed by atoms with Crippen molar-refractivity contribution < 1.29 is 19.1 Å². The zero-order valence-corrected chi connectivity index (χ0v) is 14.8. The fourth-order valence-electron chi connectivity index (χ4n) is 2.47. The molecule has 0 spiro atoms. The van der Waals surface area contributed by atoms with Crippen LogP contribution >= 0.6 is 0 Å². The normalized spacial score (nSPS) is 10.4. The van der Waals surface area contributed by atoms with Gasteiger partial charge in [0, 0.05) is 24.2 Å². The molecule has 0 fully saturated rings. The first-order chi connectivity index (χ1) is 13.2. The van der Waals surface area contributed by atoms with Gasteiger partial charge in [-0.05, 0) is 24.6 Å². The molecule has 27 heavy (non-hydrogen) atoms. The van der Waals surface area contributed by atoms with Crippen LogP contribution in [0.25, 0.3) is 0 Å². The van der Waals surface area contributed by atoms with E-state index in [9.17, 15) is 9.59 Å². The SMILES string of the molecule is CCOC(=O)C(=O)c1ccc(COc2cccnc2Cc2ncc[nH]2)cc1. The Morgan fingerprint density at radius 2 is 1.89 bits per heavy atom. The molecule has 0 amide bonds. The second kappa shape index (κ2) is 8.75. The summed E-state index contributed by atoms with van der Waals surface area (Å²) < 4.78 is 10.6. The lowest BCUT2D eigenvalue weighted by molar-refractivity contribution is -0.137. The molecule has 0 radical (unpaired) electrons. The highest BCUT2D eigenvalue weighted by Crippen LogP contribution is 2.19. The number of Topliss-reactive ketones (excluding diaryl/α,β-unsaturated/α-hetero) is 1. The number of rotatable bonds is 8. The van der Waals surface area contributed by atoms with E-state index in [0.29, 0.717) is 18.8 Å². The standard InChI is InChI=1S/C20H19N3O4/c1-2-26-20(25)19(24)15-7-5-14(6-8-15)13-27-17-4-3-9-21-16(17)12-18-22-10-11-23-18/h3-11H,2,12-13H2,1H3,(H,22,23). The minimum atomic E-state index is -0.848. The number of imidazole rings is 1. The molecule has 2 aromatic heterocycles. The number of ether oxygens (including phenoxy) is 2. The zero-order chi connectivity index (χ0) is 19.1. The Labute approximate surface area is 156 Å². The highest BCUT2D eigenvalue weighted by atomic mass is 16.5. The first-order valence-electron chi connectivity index (χ1n) is 8.52. The summed E-state index contributed by atoms with van der Waals surface area (Å²) in [5.74, 6) is -0.0299. The van der Waals surface area contributed by atoms with Gasteiger partial charge in [0.2, 0.25) is 0 Å². The molecule has 3 rings (SSSR count). The average Bonchev–Trinajstić information content (AvgIpc) is 3.20. The highest BCUT2D eigenvalue weighted by molar-refractivity contribution is 6.40. The molecule has 0 saturated carbocycles. The molecule has 3 aromatic rings. The number of nitrogens with one attached hydrogen (secondary N) is 1. The van der Waals surface area contributed by atoms with E-state index in [4.69, 9.17) is 9.47 Å². The fourth-order valence-corrected chi connectivity index (χ4v) is 2.47. The number of hydrogen-bond donors (Lipinski definition) is 1. The Bertz CT molecular complexity index is 905. The van der Waals surface area contributed by atoms with Gasteiger partial charge in [-0.3, -0.25) is 9.78 Å². The van der Waals surface area contributed by atoms with Crippen molar-refractivity contribution in [3.05, 3.63) is 77.6 Å². The maximum Gasteiger partial charge on any atom is 0.379 e. The Morgan fingerprint density at radius 1 is 1.07 bits per heavy atom. The van der Waals surface area contributed by atoms with Crippen molar-refractivity contribution in [2.45, 2.75) is 20.0 Å². The molecule has 0 atom stereocenters. The molecular weight excluding hydrogens is 346 g/mol. The monoisotopic (exact) mass is 365 g/mol. The van der Waals surface area contributed by atoms with Crippen molar-refractivity contribution in [3.8, 4) is 5.75 Å². The predicted octanol–water partition coefficient (Wildman–Crippen LogP) is 2.72. The number of aromatic nitrogens is 3. The molecule has 7 heteroatoms. The van der Waals surface area contributed by atoms with E-state index < -0.39 is 11.8 Å². The molecule has 0 aliphatic rings. The predicted molar refractivity (Wildman–Crippen MR) is 97.4 cm³/mol. The quantitative estimate of drug-likeness (QED) is 0.375. The van der Waals surface area contributed by atoms with Gasteiger partial charge in [-0.25, -0.2) is 9.78 Å². The van der Waals surface area contributed by atoms with E-state index in [1.165, 1.54) is 0 Å². The molecule has 7 nitrogen and oxygen atoms in total. The van der Waals surface area contributed by atoms with Crippen LogP contribution in [-0.2, 0) is 22.6 Å². The van der Waals surface area contributed by atoms with E-state index in [0.717, 1.165) is 17.1 Å². The summed E-state index contributed by atoms with van der Waals surface area (Å²) in [5.41, 5.74) is 1.93. The summed E-state index contributed by atoms with van der Waals surface area (Å²) in [5, 5.41) is 0. The van der Waals surface area contributed by atoms with Crippen molar-refractivity contribution in [2.75, 3.05) is 6.61 Å². The number of carbonyl (C=O) groups excluding carboxylic acids is 2. The first kappa shape index (κ1) is 18.3. The van der Waals surface area contributed by atoms with Crippen LogP contribution < -0.4 is 4.74 Å². The molecule has 1 aromatic carbocycles. The van der Waals surface area contributed by atoms with Crippen molar-refractivity contribution in [1.82, 2.24) is 15.0 Å². The van der Waals surface area contributed by atoms with Crippen LogP contribution in [0, 0.1) is 0 Å². The third-order valence-electron chi connectivity index (χ3n) is 3.81. The van der Waals surface area contributed by atoms with E-state index in [2.05, 4.69) is 15.0 Å². The van der Waals surface area contributed by atoms with Crippen LogP contribution in [0.15, 0.2) is 55.0 Å². The maximum absolute atomic E-state index is 11.9. The summed E-state index contributed by atoms with van der Waals surface area (Å²) in [6.45, 7) is 2.14. The van der Waals surface area contributed by atoms with Gasteiger partial charge in [0.25, 0.3) is 5.78 Å². The Hall–Kier alpha value is -3.48. The van der Waals surface area contributed by atoms with Crippen molar-refractivity contribution in [2.24, 2.45) is 0 Å². The molecule has 0 aliphatic heterocycles. The average molecular weight is 365 g/mol. The summed E-state index contributed by atoms with van der Waals surface area (Å²) >= 11 is 0. The summed E-state index contributed by atoms with van der Waals surface area (Å²) in [4.78, 5) is 35.0. The number of nitrogens with zero attached hydrogens (tertiary/aromatic N) is 2. The van der Waals surface area contributed by atoms with Crippen LogP contribution in [-0.4, -0.2) is 33.3 Å². The van der Waals surface area contributed by atoms with Gasteiger partial charge in [-0.1, -0.05) is 24.3 Å². The van der Waals surface area contributed by atoms with E-state index in [1.54, 1.807) is 49.8 Å². The lowest BCUT2D eigenvalue weighted by Crippen LogP contribution is -2.17. The molecule has 2 heterocycles. The van der Waals surface area contributed by atoms with E-state index >= 15 is 0 Å². The van der Waals surface area contributed by atoms with Gasteiger partial charge in [0.1, 0.15) is 18.2 Å². The van der Waals surface area contributed by atoms with Gasteiger partial charge < -0.3 is 14.5 Å². The lowest BCUT2D eigenvalue weighted by atomic mass is 10.1. The second-order valence-corrected chi connectivity index (χ2v) is 5.70. The number of carbonyl (C=O) groups is 2. The topological polar surface area (TPSA) is 94.2 Å². The molecule has 138 valence electrons. The molecule has 0 saturated heterocycles. The fraction of sp³-hybridized carbons (Fsp3) is 0.200. The number of H-pyrrole nitrogens is 1. The number of hydrogen-bond acceptors (Lipinski definition) is 6. The Morgan fingerprint density at radius 3 is 2.59 bits per heavy atom. The molecule has 0 unspecified atom stereocenters. The third kappa shape index (κ3) is 4.78. The van der Waals surface area contributed by atoms with Crippen molar-refractivity contribution in [1.29, 1.82) is 0 Å². The number of esters is 1. The second-order valence-electron chi connectivity index (χ2n) is 5.70. The lowest BCUT2D eigenvalue weighted by Gasteiger charge is -2.10. The minimum Gasteiger partial charge on any atom is -0.487 e. The van der Waals surface area contributed by atoms with Crippen LogP contribution in [0.2, 0.25) is 0 Å². The van der Waals surface area contributed by atoms with E-state index in [-0.39, 0.29) is 12.2 Å². The first-order valence-corrected chi connectivity index (χ1v) is 8.52. The van der Waals surface area contributed by atoms with Crippen molar-refractivity contribution in [3.63, 3.8) is 0 Å². The summed E-state index contributed by atoms with van der Waals surface area (Å²) in [6, 6.07) is 10.3.